The van der Waals surface area contributed by atoms with Crippen LogP contribution < -0.4 is 23.7 Å². The summed E-state index contributed by atoms with van der Waals surface area (Å²) in [6.07, 6.45) is 1.63. The highest BCUT2D eigenvalue weighted by Gasteiger charge is 2.22. The maximum absolute atomic E-state index is 12.3. The normalized spacial score (nSPS) is 10.5. The maximum Gasteiger partial charge on any atom is 0.244 e. The van der Waals surface area contributed by atoms with Crippen LogP contribution >= 0.6 is 0 Å². The molecule has 8 nitrogen and oxygen atoms in total. The van der Waals surface area contributed by atoms with Crippen molar-refractivity contribution in [3.63, 3.8) is 0 Å². The van der Waals surface area contributed by atoms with Crippen molar-refractivity contribution in [3.8, 4) is 51.1 Å². The number of carbonyl (C=O) groups excluding carboxylic acids is 1. The molecule has 0 aliphatic heterocycles. The van der Waals surface area contributed by atoms with E-state index in [0.29, 0.717) is 34.4 Å². The second kappa shape index (κ2) is 8.77. The van der Waals surface area contributed by atoms with Gasteiger partial charge in [-0.1, -0.05) is 0 Å². The van der Waals surface area contributed by atoms with Gasteiger partial charge in [0.2, 0.25) is 11.7 Å². The number of benzene rings is 2. The van der Waals surface area contributed by atoms with Crippen molar-refractivity contribution < 1.29 is 28.5 Å². The summed E-state index contributed by atoms with van der Waals surface area (Å²) in [5.74, 6) is 2.39. The first kappa shape index (κ1) is 21.0. The van der Waals surface area contributed by atoms with E-state index in [4.69, 9.17) is 23.7 Å². The number of rotatable bonds is 7. The van der Waals surface area contributed by atoms with E-state index in [9.17, 15) is 4.79 Å². The molecule has 1 aromatic heterocycles. The van der Waals surface area contributed by atoms with Crippen LogP contribution in [0.3, 0.4) is 0 Å². The van der Waals surface area contributed by atoms with Crippen molar-refractivity contribution in [2.45, 2.75) is 6.92 Å². The molecule has 0 saturated carbocycles. The van der Waals surface area contributed by atoms with Crippen LogP contribution in [0.5, 0.6) is 28.7 Å². The maximum atomic E-state index is 12.3. The fraction of sp³-hybridized carbons (Fsp3) is 0.273. The second-order valence-electron chi connectivity index (χ2n) is 6.32. The molecule has 0 N–H and O–H groups in total. The van der Waals surface area contributed by atoms with Crippen molar-refractivity contribution in [1.82, 2.24) is 9.78 Å². The van der Waals surface area contributed by atoms with Gasteiger partial charge in [-0.15, -0.1) is 0 Å². The number of carbonyl (C=O) groups is 1. The molecular formula is C22H24N2O6. The fourth-order valence-electron chi connectivity index (χ4n) is 3.30. The molecule has 30 heavy (non-hydrogen) atoms. The molecule has 0 spiro atoms. The summed E-state index contributed by atoms with van der Waals surface area (Å²) in [6.45, 7) is 1.45. The van der Waals surface area contributed by atoms with Crippen molar-refractivity contribution >= 4 is 5.91 Å². The van der Waals surface area contributed by atoms with Gasteiger partial charge in [-0.2, -0.15) is 9.78 Å². The molecule has 0 atom stereocenters. The zero-order valence-electron chi connectivity index (χ0n) is 17.8. The van der Waals surface area contributed by atoms with E-state index in [2.05, 4.69) is 5.10 Å². The predicted molar refractivity (Wildman–Crippen MR) is 112 cm³/mol. The van der Waals surface area contributed by atoms with Crippen LogP contribution in [-0.4, -0.2) is 51.2 Å². The van der Waals surface area contributed by atoms with E-state index in [-0.39, 0.29) is 5.91 Å². The first-order chi connectivity index (χ1) is 14.5. The summed E-state index contributed by atoms with van der Waals surface area (Å²) in [4.78, 5) is 12.3. The van der Waals surface area contributed by atoms with Crippen LogP contribution in [0.4, 0.5) is 0 Å². The standard InChI is InChI=1S/C22H24N2O6/c1-13(25)24-21(14-7-8-17(26-2)18(9-14)27-3)16(12-23-24)15-10-19(28-4)22(30-6)20(11-15)29-5/h7-12H,1-6H3. The number of ether oxygens (including phenoxy) is 5. The van der Waals surface area contributed by atoms with E-state index < -0.39 is 0 Å². The van der Waals surface area contributed by atoms with Crippen LogP contribution in [0.2, 0.25) is 0 Å². The molecule has 0 fully saturated rings. The molecule has 0 radical (unpaired) electrons. The number of hydrogen-bond donors (Lipinski definition) is 0. The van der Waals surface area contributed by atoms with Gasteiger partial charge in [-0.05, 0) is 35.9 Å². The molecule has 8 heteroatoms. The Labute approximate surface area is 174 Å². The Bertz CT molecular complexity index is 1050. The minimum atomic E-state index is -0.224. The lowest BCUT2D eigenvalue weighted by Crippen LogP contribution is -2.09. The van der Waals surface area contributed by atoms with E-state index in [1.54, 1.807) is 53.9 Å². The van der Waals surface area contributed by atoms with Gasteiger partial charge >= 0.3 is 0 Å². The topological polar surface area (TPSA) is 81.0 Å². The van der Waals surface area contributed by atoms with Gasteiger partial charge in [0.1, 0.15) is 0 Å². The molecule has 0 aliphatic rings. The molecule has 0 bridgehead atoms. The highest BCUT2D eigenvalue weighted by Crippen LogP contribution is 2.44. The van der Waals surface area contributed by atoms with Crippen molar-refractivity contribution in [2.75, 3.05) is 35.5 Å². The van der Waals surface area contributed by atoms with E-state index in [1.165, 1.54) is 11.6 Å². The van der Waals surface area contributed by atoms with Crippen molar-refractivity contribution in [1.29, 1.82) is 0 Å². The molecule has 1 heterocycles. The van der Waals surface area contributed by atoms with Crippen LogP contribution in [0, 0.1) is 0 Å². The van der Waals surface area contributed by atoms with Crippen LogP contribution in [0.15, 0.2) is 36.5 Å². The van der Waals surface area contributed by atoms with Gasteiger partial charge in [0.05, 0.1) is 47.4 Å². The zero-order chi connectivity index (χ0) is 21.8. The Kier molecular flexibility index (Phi) is 6.15. The van der Waals surface area contributed by atoms with Crippen LogP contribution in [-0.2, 0) is 0 Å². The first-order valence-corrected chi connectivity index (χ1v) is 9.10. The van der Waals surface area contributed by atoms with E-state index >= 15 is 0 Å². The lowest BCUT2D eigenvalue weighted by atomic mass is 10.00. The van der Waals surface area contributed by atoms with Crippen molar-refractivity contribution in [3.05, 3.63) is 36.5 Å². The summed E-state index contributed by atoms with van der Waals surface area (Å²) < 4.78 is 28.5. The SMILES string of the molecule is COc1ccc(-c2c(-c3cc(OC)c(OC)c(OC)c3)cnn2C(C)=O)cc1OC. The summed E-state index contributed by atoms with van der Waals surface area (Å²) in [5.41, 5.74) is 2.82. The summed E-state index contributed by atoms with van der Waals surface area (Å²) in [5, 5.41) is 4.30. The molecule has 0 saturated heterocycles. The van der Waals surface area contributed by atoms with E-state index in [1.807, 2.05) is 18.2 Å². The summed E-state index contributed by atoms with van der Waals surface area (Å²) in [6, 6.07) is 9.06. The van der Waals surface area contributed by atoms with Gasteiger partial charge in [-0.25, -0.2) is 0 Å². The summed E-state index contributed by atoms with van der Waals surface area (Å²) >= 11 is 0. The van der Waals surface area contributed by atoms with Crippen molar-refractivity contribution in [2.24, 2.45) is 0 Å². The molecule has 0 unspecified atom stereocenters. The van der Waals surface area contributed by atoms with Gasteiger partial charge in [-0.3, -0.25) is 4.79 Å². The molecule has 3 rings (SSSR count). The number of hydrogen-bond acceptors (Lipinski definition) is 7. The third-order valence-corrected chi connectivity index (χ3v) is 4.70. The zero-order valence-corrected chi connectivity index (χ0v) is 17.8. The number of nitrogens with zero attached hydrogens (tertiary/aromatic N) is 2. The average Bonchev–Trinajstić information content (AvgIpc) is 3.22. The van der Waals surface area contributed by atoms with Crippen LogP contribution in [0.1, 0.15) is 11.7 Å². The quantitative estimate of drug-likeness (QED) is 0.582. The molecule has 0 amide bonds. The van der Waals surface area contributed by atoms with Gasteiger partial charge < -0.3 is 23.7 Å². The molecule has 2 aromatic carbocycles. The Hall–Kier alpha value is -3.68. The molecule has 3 aromatic rings. The highest BCUT2D eigenvalue weighted by atomic mass is 16.5. The monoisotopic (exact) mass is 412 g/mol. The van der Waals surface area contributed by atoms with Gasteiger partial charge in [0.15, 0.2) is 23.0 Å². The Balaban J connectivity index is 2.28. The molecule has 158 valence electrons. The van der Waals surface area contributed by atoms with E-state index in [0.717, 1.165) is 16.7 Å². The number of methoxy groups -OCH3 is 5. The van der Waals surface area contributed by atoms with Gasteiger partial charge in [0, 0.05) is 18.1 Å². The lowest BCUT2D eigenvalue weighted by Gasteiger charge is -2.15. The second-order valence-corrected chi connectivity index (χ2v) is 6.32. The Morgan fingerprint density at radius 2 is 1.33 bits per heavy atom. The first-order valence-electron chi connectivity index (χ1n) is 9.10. The summed E-state index contributed by atoms with van der Waals surface area (Å²) in [7, 11) is 7.77. The molecule has 0 aliphatic carbocycles. The largest absolute Gasteiger partial charge is 0.493 e. The Morgan fingerprint density at radius 1 is 0.767 bits per heavy atom. The highest BCUT2D eigenvalue weighted by molar-refractivity contribution is 5.90. The third kappa shape index (κ3) is 3.63. The lowest BCUT2D eigenvalue weighted by molar-refractivity contribution is 0.0923. The minimum Gasteiger partial charge on any atom is -0.493 e. The van der Waals surface area contributed by atoms with Crippen LogP contribution in [0.25, 0.3) is 22.4 Å². The van der Waals surface area contributed by atoms with Gasteiger partial charge in [0.25, 0.3) is 0 Å². The smallest absolute Gasteiger partial charge is 0.244 e. The average molecular weight is 412 g/mol. The number of aromatic nitrogens is 2. The minimum absolute atomic E-state index is 0.224. The Morgan fingerprint density at radius 3 is 1.83 bits per heavy atom. The fourth-order valence-corrected chi connectivity index (χ4v) is 3.30. The molecular weight excluding hydrogens is 388 g/mol. The predicted octanol–water partition coefficient (Wildman–Crippen LogP) is 3.92. The third-order valence-electron chi connectivity index (χ3n) is 4.70.